The summed E-state index contributed by atoms with van der Waals surface area (Å²) in [6.45, 7) is 0. The maximum absolute atomic E-state index is 12.2. The van der Waals surface area contributed by atoms with Crippen molar-refractivity contribution < 1.29 is 14.7 Å². The molecule has 0 aromatic heterocycles. The van der Waals surface area contributed by atoms with E-state index in [4.69, 9.17) is 23.2 Å². The Morgan fingerprint density at radius 3 is 2.52 bits per heavy atom. The van der Waals surface area contributed by atoms with Crippen LogP contribution >= 0.6 is 39.1 Å². The molecule has 120 valence electrons. The van der Waals surface area contributed by atoms with E-state index in [1.54, 1.807) is 36.4 Å². The van der Waals surface area contributed by atoms with Gasteiger partial charge in [-0.2, -0.15) is 0 Å². The Labute approximate surface area is 151 Å². The summed E-state index contributed by atoms with van der Waals surface area (Å²) < 4.78 is 0.722. The van der Waals surface area contributed by atoms with Crippen molar-refractivity contribution in [3.05, 3.63) is 68.1 Å². The fourth-order valence-corrected chi connectivity index (χ4v) is 2.83. The van der Waals surface area contributed by atoms with Crippen molar-refractivity contribution in [3.63, 3.8) is 0 Å². The van der Waals surface area contributed by atoms with Gasteiger partial charge in [-0.3, -0.25) is 4.79 Å². The zero-order valence-electron chi connectivity index (χ0n) is 11.7. The molecule has 0 saturated heterocycles. The second kappa shape index (κ2) is 7.81. The average Bonchev–Trinajstić information content (AvgIpc) is 2.50. The molecule has 1 atom stereocenters. The van der Waals surface area contributed by atoms with E-state index < -0.39 is 17.9 Å². The lowest BCUT2D eigenvalue weighted by Crippen LogP contribution is -2.42. The van der Waals surface area contributed by atoms with Gasteiger partial charge in [0.25, 0.3) is 5.91 Å². The third-order valence-corrected chi connectivity index (χ3v) is 4.49. The number of hydrogen-bond donors (Lipinski definition) is 2. The molecule has 0 spiro atoms. The third-order valence-electron chi connectivity index (χ3n) is 3.15. The van der Waals surface area contributed by atoms with Crippen LogP contribution in [0.4, 0.5) is 0 Å². The SMILES string of the molecule is O=C(N[C@@H](Cc1cc(Cl)ccc1Br)C(=O)O)c1ccccc1Cl. The van der Waals surface area contributed by atoms with Gasteiger partial charge in [0.05, 0.1) is 10.6 Å². The second-order valence-corrected chi connectivity index (χ2v) is 6.48. The van der Waals surface area contributed by atoms with Crippen LogP contribution in [0.25, 0.3) is 0 Å². The van der Waals surface area contributed by atoms with Crippen molar-refractivity contribution in [1.82, 2.24) is 5.32 Å². The van der Waals surface area contributed by atoms with Crippen LogP contribution in [0.1, 0.15) is 15.9 Å². The molecule has 7 heteroatoms. The Kier molecular flexibility index (Phi) is 6.04. The Balaban J connectivity index is 2.19. The van der Waals surface area contributed by atoms with Crippen molar-refractivity contribution in [1.29, 1.82) is 0 Å². The van der Waals surface area contributed by atoms with Gasteiger partial charge in [0.1, 0.15) is 6.04 Å². The number of aliphatic carboxylic acids is 1. The number of nitrogens with one attached hydrogen (secondary N) is 1. The Morgan fingerprint density at radius 1 is 1.17 bits per heavy atom. The van der Waals surface area contributed by atoms with Crippen LogP contribution < -0.4 is 5.32 Å². The van der Waals surface area contributed by atoms with Gasteiger partial charge in [0, 0.05) is 15.9 Å². The largest absolute Gasteiger partial charge is 0.480 e. The van der Waals surface area contributed by atoms with Gasteiger partial charge in [-0.15, -0.1) is 0 Å². The molecule has 0 radical (unpaired) electrons. The second-order valence-electron chi connectivity index (χ2n) is 4.78. The van der Waals surface area contributed by atoms with Crippen molar-refractivity contribution in [2.75, 3.05) is 0 Å². The van der Waals surface area contributed by atoms with Gasteiger partial charge < -0.3 is 10.4 Å². The molecule has 0 aliphatic heterocycles. The Hall–Kier alpha value is -1.56. The Morgan fingerprint density at radius 2 is 1.87 bits per heavy atom. The van der Waals surface area contributed by atoms with Crippen LogP contribution in [0.15, 0.2) is 46.9 Å². The first-order valence-electron chi connectivity index (χ1n) is 6.60. The van der Waals surface area contributed by atoms with Crippen LogP contribution in [0.5, 0.6) is 0 Å². The normalized spacial score (nSPS) is 11.8. The van der Waals surface area contributed by atoms with E-state index in [0.29, 0.717) is 10.6 Å². The quantitative estimate of drug-likeness (QED) is 0.768. The number of halogens is 3. The van der Waals surface area contributed by atoms with Gasteiger partial charge in [-0.25, -0.2) is 4.79 Å². The number of rotatable bonds is 5. The number of carboxylic acid groups (broad SMARTS) is 1. The topological polar surface area (TPSA) is 66.4 Å². The molecule has 2 N–H and O–H groups in total. The van der Waals surface area contributed by atoms with Gasteiger partial charge in [0.2, 0.25) is 0 Å². The summed E-state index contributed by atoms with van der Waals surface area (Å²) in [4.78, 5) is 23.7. The maximum Gasteiger partial charge on any atom is 0.326 e. The van der Waals surface area contributed by atoms with Crippen LogP contribution in [-0.4, -0.2) is 23.0 Å². The van der Waals surface area contributed by atoms with Crippen LogP contribution in [0.2, 0.25) is 10.0 Å². The number of hydrogen-bond acceptors (Lipinski definition) is 2. The van der Waals surface area contributed by atoms with Gasteiger partial charge in [-0.05, 0) is 35.9 Å². The average molecular weight is 417 g/mol. The van der Waals surface area contributed by atoms with Crippen molar-refractivity contribution >= 4 is 51.0 Å². The molecule has 0 unspecified atom stereocenters. The van der Waals surface area contributed by atoms with E-state index >= 15 is 0 Å². The van der Waals surface area contributed by atoms with Crippen molar-refractivity contribution in [3.8, 4) is 0 Å². The molecule has 23 heavy (non-hydrogen) atoms. The highest BCUT2D eigenvalue weighted by Gasteiger charge is 2.23. The molecule has 0 fully saturated rings. The molecular formula is C16H12BrCl2NO3. The highest BCUT2D eigenvalue weighted by atomic mass is 79.9. The number of carbonyl (C=O) groups is 2. The number of carbonyl (C=O) groups excluding carboxylic acids is 1. The first-order chi connectivity index (χ1) is 10.9. The smallest absolute Gasteiger partial charge is 0.326 e. The van der Waals surface area contributed by atoms with E-state index in [0.717, 1.165) is 4.47 Å². The molecule has 4 nitrogen and oxygen atoms in total. The third kappa shape index (κ3) is 4.70. The minimum atomic E-state index is -1.14. The van der Waals surface area contributed by atoms with Crippen LogP contribution in [0.3, 0.4) is 0 Å². The lowest BCUT2D eigenvalue weighted by Gasteiger charge is -2.16. The fourth-order valence-electron chi connectivity index (χ4n) is 2.00. The standard InChI is InChI=1S/C16H12BrCl2NO3/c17-12-6-5-10(18)7-9(12)8-14(16(22)23)20-15(21)11-3-1-2-4-13(11)19/h1-7,14H,8H2,(H,20,21)(H,22,23)/t14-/m0/s1. The lowest BCUT2D eigenvalue weighted by atomic mass is 10.1. The minimum absolute atomic E-state index is 0.0899. The molecular weight excluding hydrogens is 405 g/mol. The molecule has 2 aromatic rings. The number of amides is 1. The van der Waals surface area contributed by atoms with Crippen LogP contribution in [0, 0.1) is 0 Å². The summed E-state index contributed by atoms with van der Waals surface area (Å²) in [6, 6.07) is 10.4. The molecule has 0 aliphatic rings. The minimum Gasteiger partial charge on any atom is -0.480 e. The summed E-state index contributed by atoms with van der Waals surface area (Å²) in [7, 11) is 0. The first kappa shape index (κ1) is 17.8. The van der Waals surface area contributed by atoms with Gasteiger partial charge in [-0.1, -0.05) is 51.3 Å². The first-order valence-corrected chi connectivity index (χ1v) is 8.15. The summed E-state index contributed by atoms with van der Waals surface area (Å²) in [5.74, 6) is -1.68. The Bertz CT molecular complexity index is 752. The van der Waals surface area contributed by atoms with Crippen LogP contribution in [-0.2, 0) is 11.2 Å². The van der Waals surface area contributed by atoms with Gasteiger partial charge in [0.15, 0.2) is 0 Å². The summed E-state index contributed by atoms with van der Waals surface area (Å²) in [6.07, 6.45) is 0.0899. The van der Waals surface area contributed by atoms with Crippen molar-refractivity contribution in [2.24, 2.45) is 0 Å². The molecule has 2 aromatic carbocycles. The monoisotopic (exact) mass is 415 g/mol. The summed E-state index contributed by atoms with van der Waals surface area (Å²) in [5.41, 5.74) is 0.912. The van der Waals surface area contributed by atoms with Gasteiger partial charge >= 0.3 is 5.97 Å². The lowest BCUT2D eigenvalue weighted by molar-refractivity contribution is -0.139. The maximum atomic E-state index is 12.2. The number of carboxylic acids is 1. The predicted octanol–water partition coefficient (Wildman–Crippen LogP) is 4.18. The van der Waals surface area contributed by atoms with E-state index in [9.17, 15) is 14.7 Å². The zero-order chi connectivity index (χ0) is 17.0. The predicted molar refractivity (Wildman–Crippen MR) is 93.2 cm³/mol. The molecule has 0 heterocycles. The van der Waals surface area contributed by atoms with E-state index in [1.807, 2.05) is 0 Å². The van der Waals surface area contributed by atoms with Crippen molar-refractivity contribution in [2.45, 2.75) is 12.5 Å². The highest BCUT2D eigenvalue weighted by Crippen LogP contribution is 2.23. The highest BCUT2D eigenvalue weighted by molar-refractivity contribution is 9.10. The van der Waals surface area contributed by atoms with E-state index in [1.165, 1.54) is 6.07 Å². The molecule has 0 bridgehead atoms. The molecule has 1 amide bonds. The number of benzene rings is 2. The zero-order valence-corrected chi connectivity index (χ0v) is 14.8. The molecule has 0 aliphatic carbocycles. The fraction of sp³-hybridized carbons (Fsp3) is 0.125. The molecule has 2 rings (SSSR count). The molecule has 0 saturated carbocycles. The summed E-state index contributed by atoms with van der Waals surface area (Å²) >= 11 is 15.2. The van der Waals surface area contributed by atoms with E-state index in [2.05, 4.69) is 21.2 Å². The summed E-state index contributed by atoms with van der Waals surface area (Å²) in [5, 5.41) is 12.6. The van der Waals surface area contributed by atoms with E-state index in [-0.39, 0.29) is 17.0 Å².